The fraction of sp³-hybridized carbons (Fsp3) is 0.269. The Bertz CT molecular complexity index is 1390. The minimum atomic E-state index is -0.415. The predicted octanol–water partition coefficient (Wildman–Crippen LogP) is 4.69. The highest BCUT2D eigenvalue weighted by Gasteiger charge is 2.21. The van der Waals surface area contributed by atoms with Gasteiger partial charge in [0.25, 0.3) is 5.91 Å². The third-order valence-corrected chi connectivity index (χ3v) is 6.10. The molecule has 4 aromatic rings. The Hall–Kier alpha value is -4.34. The number of benzene rings is 2. The molecule has 0 saturated carbocycles. The first-order chi connectivity index (χ1) is 17.2. The quantitative estimate of drug-likeness (QED) is 0.270. The van der Waals surface area contributed by atoms with Crippen LogP contribution >= 0.6 is 0 Å². The predicted molar refractivity (Wildman–Crippen MR) is 133 cm³/mol. The lowest BCUT2D eigenvalue weighted by Crippen LogP contribution is -2.28. The minimum Gasteiger partial charge on any atom is -0.342 e. The summed E-state index contributed by atoms with van der Waals surface area (Å²) < 4.78 is 15.0. The summed E-state index contributed by atoms with van der Waals surface area (Å²) in [6, 6.07) is 15.4. The van der Waals surface area contributed by atoms with E-state index in [1.165, 1.54) is 12.1 Å². The van der Waals surface area contributed by atoms with Crippen molar-refractivity contribution in [3.63, 3.8) is 0 Å². The van der Waals surface area contributed by atoms with Gasteiger partial charge in [0.05, 0.1) is 17.2 Å². The molecule has 10 heteroatoms. The standard InChI is InChI=1S/C26H27FN6O3/c1-17-25(33(35)36)18(2)32(30-17)16-19-9-11-20(12-10-19)26(34)31(3)13-5-8-23-15-24(29-28-23)21-6-4-7-22(27)14-21/h4,6-7,9-12,14-15H,5,8,13,16H2,1-3H3,(H,28,29). The summed E-state index contributed by atoms with van der Waals surface area (Å²) in [6.45, 7) is 4.24. The van der Waals surface area contributed by atoms with Gasteiger partial charge in [-0.25, -0.2) is 4.39 Å². The van der Waals surface area contributed by atoms with Crippen LogP contribution in [0.5, 0.6) is 0 Å². The number of carbonyl (C=O) groups excluding carboxylic acids is 1. The van der Waals surface area contributed by atoms with Crippen LogP contribution < -0.4 is 0 Å². The van der Waals surface area contributed by atoms with Crippen LogP contribution in [0, 0.1) is 29.8 Å². The van der Waals surface area contributed by atoms with E-state index in [0.717, 1.165) is 17.7 Å². The molecule has 9 nitrogen and oxygen atoms in total. The van der Waals surface area contributed by atoms with Crippen molar-refractivity contribution in [2.45, 2.75) is 33.2 Å². The molecule has 1 N–H and O–H groups in total. The highest BCUT2D eigenvalue weighted by molar-refractivity contribution is 5.94. The normalized spacial score (nSPS) is 11.0. The Labute approximate surface area is 207 Å². The number of H-pyrrole nitrogens is 1. The van der Waals surface area contributed by atoms with E-state index in [0.29, 0.717) is 47.7 Å². The lowest BCUT2D eigenvalue weighted by atomic mass is 10.1. The van der Waals surface area contributed by atoms with E-state index in [2.05, 4.69) is 15.3 Å². The van der Waals surface area contributed by atoms with Crippen molar-refractivity contribution < 1.29 is 14.1 Å². The second-order valence-corrected chi connectivity index (χ2v) is 8.75. The molecule has 4 rings (SSSR count). The van der Waals surface area contributed by atoms with Crippen LogP contribution in [0.2, 0.25) is 0 Å². The van der Waals surface area contributed by atoms with Gasteiger partial charge in [-0.15, -0.1) is 0 Å². The molecule has 0 unspecified atom stereocenters. The maximum atomic E-state index is 13.4. The van der Waals surface area contributed by atoms with Gasteiger partial charge >= 0.3 is 5.69 Å². The number of aromatic nitrogens is 4. The van der Waals surface area contributed by atoms with Crippen LogP contribution in [0.3, 0.4) is 0 Å². The van der Waals surface area contributed by atoms with Crippen molar-refractivity contribution in [1.29, 1.82) is 0 Å². The fourth-order valence-electron chi connectivity index (χ4n) is 4.15. The summed E-state index contributed by atoms with van der Waals surface area (Å²) in [5.41, 5.74) is 4.68. The van der Waals surface area contributed by atoms with E-state index in [9.17, 15) is 19.3 Å². The number of hydrogen-bond acceptors (Lipinski definition) is 5. The monoisotopic (exact) mass is 490 g/mol. The first-order valence-electron chi connectivity index (χ1n) is 11.6. The van der Waals surface area contributed by atoms with Crippen molar-refractivity contribution in [2.24, 2.45) is 0 Å². The zero-order valence-corrected chi connectivity index (χ0v) is 20.4. The highest BCUT2D eigenvalue weighted by Crippen LogP contribution is 2.23. The van der Waals surface area contributed by atoms with E-state index >= 15 is 0 Å². The molecular weight excluding hydrogens is 463 g/mol. The smallest absolute Gasteiger partial charge is 0.312 e. The fourth-order valence-corrected chi connectivity index (χ4v) is 4.15. The molecule has 0 bridgehead atoms. The second kappa shape index (κ2) is 10.5. The van der Waals surface area contributed by atoms with Crippen molar-refractivity contribution >= 4 is 11.6 Å². The summed E-state index contributed by atoms with van der Waals surface area (Å²) in [5, 5.41) is 22.7. The third-order valence-electron chi connectivity index (χ3n) is 6.10. The maximum absolute atomic E-state index is 13.4. The van der Waals surface area contributed by atoms with E-state index in [1.807, 2.05) is 24.3 Å². The number of halogens is 1. The number of rotatable bonds is 9. The summed E-state index contributed by atoms with van der Waals surface area (Å²) in [5.74, 6) is -0.394. The number of nitrogens with one attached hydrogen (secondary N) is 1. The van der Waals surface area contributed by atoms with Crippen LogP contribution in [-0.4, -0.2) is 49.3 Å². The summed E-state index contributed by atoms with van der Waals surface area (Å²) in [7, 11) is 1.76. The van der Waals surface area contributed by atoms with E-state index in [1.54, 1.807) is 48.7 Å². The number of amides is 1. The van der Waals surface area contributed by atoms with E-state index < -0.39 is 4.92 Å². The van der Waals surface area contributed by atoms with Gasteiger partial charge in [-0.3, -0.25) is 24.7 Å². The lowest BCUT2D eigenvalue weighted by Gasteiger charge is -2.17. The van der Waals surface area contributed by atoms with Gasteiger partial charge in [0, 0.05) is 30.4 Å². The zero-order chi connectivity index (χ0) is 25.8. The average Bonchev–Trinajstić information content (AvgIpc) is 3.43. The Morgan fingerprint density at radius 1 is 1.17 bits per heavy atom. The first kappa shape index (κ1) is 24.8. The largest absolute Gasteiger partial charge is 0.342 e. The number of aromatic amines is 1. The SMILES string of the molecule is Cc1nn(Cc2ccc(C(=O)N(C)CCCc3cc(-c4cccc(F)c4)n[nH]3)cc2)c(C)c1[N+](=O)[O-]. The average molecular weight is 491 g/mol. The summed E-state index contributed by atoms with van der Waals surface area (Å²) in [4.78, 5) is 25.3. The molecule has 0 saturated heterocycles. The molecule has 0 aliphatic carbocycles. The number of nitrogens with zero attached hydrogens (tertiary/aromatic N) is 5. The Kier molecular flexibility index (Phi) is 7.23. The van der Waals surface area contributed by atoms with Crippen LogP contribution in [0.15, 0.2) is 54.6 Å². The number of carbonyl (C=O) groups is 1. The Balaban J connectivity index is 1.31. The van der Waals surface area contributed by atoms with Gasteiger partial charge in [0.15, 0.2) is 0 Å². The third kappa shape index (κ3) is 5.48. The van der Waals surface area contributed by atoms with Crippen molar-refractivity contribution in [3.05, 3.63) is 98.7 Å². The molecule has 0 spiro atoms. The lowest BCUT2D eigenvalue weighted by molar-refractivity contribution is -0.386. The van der Waals surface area contributed by atoms with E-state index in [-0.39, 0.29) is 17.4 Å². The molecule has 0 atom stereocenters. The molecule has 36 heavy (non-hydrogen) atoms. The van der Waals surface area contributed by atoms with Crippen molar-refractivity contribution in [2.75, 3.05) is 13.6 Å². The molecule has 1 amide bonds. The van der Waals surface area contributed by atoms with Gasteiger partial charge in [-0.2, -0.15) is 10.2 Å². The second-order valence-electron chi connectivity index (χ2n) is 8.75. The minimum absolute atomic E-state index is 0.0312. The van der Waals surface area contributed by atoms with Crippen LogP contribution in [0.25, 0.3) is 11.3 Å². The molecular formula is C26H27FN6O3. The Morgan fingerprint density at radius 3 is 2.58 bits per heavy atom. The van der Waals surface area contributed by atoms with Crippen molar-refractivity contribution in [3.8, 4) is 11.3 Å². The first-order valence-corrected chi connectivity index (χ1v) is 11.6. The molecule has 0 fully saturated rings. The van der Waals surface area contributed by atoms with Gasteiger partial charge in [-0.1, -0.05) is 24.3 Å². The number of hydrogen-bond donors (Lipinski definition) is 1. The van der Waals surface area contributed by atoms with Crippen molar-refractivity contribution in [1.82, 2.24) is 24.9 Å². The van der Waals surface area contributed by atoms with Crippen LogP contribution in [-0.2, 0) is 13.0 Å². The Morgan fingerprint density at radius 2 is 1.92 bits per heavy atom. The molecule has 2 heterocycles. The van der Waals surface area contributed by atoms with Gasteiger partial charge in [0.1, 0.15) is 17.2 Å². The molecule has 0 aliphatic heterocycles. The summed E-state index contributed by atoms with van der Waals surface area (Å²) in [6.07, 6.45) is 1.44. The van der Waals surface area contributed by atoms with Gasteiger partial charge < -0.3 is 4.90 Å². The van der Waals surface area contributed by atoms with Crippen LogP contribution in [0.4, 0.5) is 10.1 Å². The molecule has 186 valence electrons. The zero-order valence-electron chi connectivity index (χ0n) is 20.4. The molecule has 0 aliphatic rings. The molecule has 2 aromatic carbocycles. The topological polar surface area (TPSA) is 110 Å². The van der Waals surface area contributed by atoms with E-state index in [4.69, 9.17) is 0 Å². The maximum Gasteiger partial charge on any atom is 0.312 e. The number of nitro groups is 1. The van der Waals surface area contributed by atoms with Crippen LogP contribution in [0.1, 0.15) is 39.4 Å². The number of aryl methyl sites for hydroxylation is 2. The summed E-state index contributed by atoms with van der Waals surface area (Å²) >= 11 is 0. The highest BCUT2D eigenvalue weighted by atomic mass is 19.1. The molecule has 2 aromatic heterocycles. The van der Waals surface area contributed by atoms with Gasteiger partial charge in [-0.05, 0) is 62.6 Å². The molecule has 0 radical (unpaired) electrons. The van der Waals surface area contributed by atoms with Gasteiger partial charge in [0.2, 0.25) is 0 Å².